The zero-order valence-electron chi connectivity index (χ0n) is 16.9. The number of rotatable bonds is 5. The minimum absolute atomic E-state index is 0.189. The van der Waals surface area contributed by atoms with Crippen molar-refractivity contribution in [2.75, 3.05) is 17.7 Å². The van der Waals surface area contributed by atoms with Gasteiger partial charge in [0.05, 0.1) is 23.4 Å². The lowest BCUT2D eigenvalue weighted by Gasteiger charge is -2.12. The molecule has 0 unspecified atom stereocenters. The average molecular weight is 435 g/mol. The number of para-hydroxylation sites is 1. The van der Waals surface area contributed by atoms with Crippen LogP contribution in [0.2, 0.25) is 5.02 Å². The van der Waals surface area contributed by atoms with Crippen LogP contribution in [0.1, 0.15) is 26.5 Å². The molecule has 3 aromatic carbocycles. The number of ether oxygens (including phenoxy) is 1. The number of carbonyl (C=O) groups is 2. The molecule has 0 saturated carbocycles. The minimum atomic E-state index is -0.405. The van der Waals surface area contributed by atoms with Crippen molar-refractivity contribution in [2.45, 2.75) is 6.92 Å². The Hall–Kier alpha value is -3.77. The highest BCUT2D eigenvalue weighted by atomic mass is 35.5. The third-order valence-corrected chi connectivity index (χ3v) is 5.04. The van der Waals surface area contributed by atoms with Gasteiger partial charge in [-0.1, -0.05) is 35.9 Å². The van der Waals surface area contributed by atoms with E-state index in [4.69, 9.17) is 20.8 Å². The van der Waals surface area contributed by atoms with Crippen molar-refractivity contribution in [1.29, 1.82) is 0 Å². The molecule has 0 bridgehead atoms. The van der Waals surface area contributed by atoms with E-state index in [-0.39, 0.29) is 11.7 Å². The highest BCUT2D eigenvalue weighted by Crippen LogP contribution is 2.30. The summed E-state index contributed by atoms with van der Waals surface area (Å²) in [5.41, 5.74) is 2.91. The van der Waals surface area contributed by atoms with E-state index in [0.717, 1.165) is 10.9 Å². The van der Waals surface area contributed by atoms with Gasteiger partial charge in [-0.25, -0.2) is 0 Å². The van der Waals surface area contributed by atoms with E-state index in [1.54, 1.807) is 42.5 Å². The fraction of sp³-hybridized carbons (Fsp3) is 0.0833. The Morgan fingerprint density at radius 1 is 0.935 bits per heavy atom. The maximum Gasteiger partial charge on any atom is 0.291 e. The van der Waals surface area contributed by atoms with Crippen molar-refractivity contribution in [3.05, 3.63) is 88.6 Å². The van der Waals surface area contributed by atoms with Crippen LogP contribution in [0.3, 0.4) is 0 Å². The summed E-state index contributed by atoms with van der Waals surface area (Å²) in [6.07, 6.45) is 0. The van der Waals surface area contributed by atoms with E-state index in [1.165, 1.54) is 7.11 Å². The monoisotopic (exact) mass is 434 g/mol. The maximum atomic E-state index is 12.6. The number of methoxy groups -OCH3 is 1. The molecule has 0 spiro atoms. The van der Waals surface area contributed by atoms with Crippen molar-refractivity contribution in [1.82, 2.24) is 0 Å². The van der Waals surface area contributed by atoms with E-state index in [0.29, 0.717) is 33.3 Å². The van der Waals surface area contributed by atoms with E-state index in [1.807, 2.05) is 31.2 Å². The summed E-state index contributed by atoms with van der Waals surface area (Å²) in [7, 11) is 1.48. The van der Waals surface area contributed by atoms with Crippen LogP contribution in [0.25, 0.3) is 11.0 Å². The van der Waals surface area contributed by atoms with Crippen LogP contribution >= 0.6 is 11.6 Å². The molecule has 4 rings (SSSR count). The Morgan fingerprint density at radius 2 is 1.74 bits per heavy atom. The van der Waals surface area contributed by atoms with Gasteiger partial charge in [0.15, 0.2) is 5.76 Å². The number of fused-ring (bicyclic) bond motifs is 1. The highest BCUT2D eigenvalue weighted by Gasteiger charge is 2.16. The number of hydrogen-bond acceptors (Lipinski definition) is 4. The van der Waals surface area contributed by atoms with Crippen LogP contribution in [-0.2, 0) is 0 Å². The lowest BCUT2D eigenvalue weighted by atomic mass is 10.1. The average Bonchev–Trinajstić information content (AvgIpc) is 3.19. The lowest BCUT2D eigenvalue weighted by molar-refractivity contribution is 0.0996. The number of anilines is 2. The smallest absolute Gasteiger partial charge is 0.291 e. The molecule has 31 heavy (non-hydrogen) atoms. The van der Waals surface area contributed by atoms with E-state index in [9.17, 15) is 9.59 Å². The van der Waals surface area contributed by atoms with Crippen LogP contribution in [0, 0.1) is 6.92 Å². The van der Waals surface area contributed by atoms with Crippen molar-refractivity contribution < 1.29 is 18.7 Å². The van der Waals surface area contributed by atoms with Crippen molar-refractivity contribution in [3.8, 4) is 5.75 Å². The Labute approximate surface area is 183 Å². The van der Waals surface area contributed by atoms with E-state index in [2.05, 4.69) is 10.6 Å². The zero-order valence-corrected chi connectivity index (χ0v) is 17.6. The van der Waals surface area contributed by atoms with Crippen molar-refractivity contribution in [3.63, 3.8) is 0 Å². The van der Waals surface area contributed by atoms with Crippen LogP contribution in [0.5, 0.6) is 5.75 Å². The standard InChI is InChI=1S/C24H19ClN2O4/c1-14-7-9-17(18(25)11-14)23(28)26-16-8-10-19(21(13-16)30-2)27-24(29)22-12-15-5-3-4-6-20(15)31-22/h3-13H,1-2H3,(H,26,28)(H,27,29). The molecular formula is C24H19ClN2O4. The summed E-state index contributed by atoms with van der Waals surface area (Å²) >= 11 is 6.18. The normalized spacial score (nSPS) is 10.7. The molecule has 7 heteroatoms. The first-order chi connectivity index (χ1) is 14.9. The van der Waals surface area contributed by atoms with E-state index >= 15 is 0 Å². The van der Waals surface area contributed by atoms with Crippen LogP contribution < -0.4 is 15.4 Å². The molecule has 0 radical (unpaired) electrons. The van der Waals surface area contributed by atoms with Gasteiger partial charge in [0.2, 0.25) is 0 Å². The van der Waals surface area contributed by atoms with Crippen LogP contribution in [0.15, 0.2) is 71.1 Å². The number of amides is 2. The van der Waals surface area contributed by atoms with Gasteiger partial charge in [-0.05, 0) is 48.9 Å². The van der Waals surface area contributed by atoms with Gasteiger partial charge >= 0.3 is 0 Å². The number of furan rings is 1. The quantitative estimate of drug-likeness (QED) is 0.409. The first-order valence-electron chi connectivity index (χ1n) is 9.50. The Bertz CT molecular complexity index is 1260. The molecule has 6 nitrogen and oxygen atoms in total. The second kappa shape index (κ2) is 8.53. The van der Waals surface area contributed by atoms with Crippen molar-refractivity contribution >= 4 is 45.8 Å². The SMILES string of the molecule is COc1cc(NC(=O)c2ccc(C)cc2Cl)ccc1NC(=O)c1cc2ccccc2o1. The predicted octanol–water partition coefficient (Wildman–Crippen LogP) is 5.91. The maximum absolute atomic E-state index is 12.6. The molecular weight excluding hydrogens is 416 g/mol. The molecule has 1 aromatic heterocycles. The Kier molecular flexibility index (Phi) is 5.64. The van der Waals surface area contributed by atoms with Gasteiger partial charge in [-0.3, -0.25) is 9.59 Å². The molecule has 156 valence electrons. The summed E-state index contributed by atoms with van der Waals surface area (Å²) in [5.74, 6) is -0.171. The summed E-state index contributed by atoms with van der Waals surface area (Å²) in [6.45, 7) is 1.90. The van der Waals surface area contributed by atoms with Gasteiger partial charge < -0.3 is 19.8 Å². The van der Waals surface area contributed by atoms with Crippen LogP contribution in [0.4, 0.5) is 11.4 Å². The molecule has 0 fully saturated rings. The second-order valence-corrected chi connectivity index (χ2v) is 7.36. The molecule has 0 aliphatic carbocycles. The summed E-state index contributed by atoms with van der Waals surface area (Å²) < 4.78 is 11.0. The zero-order chi connectivity index (χ0) is 22.0. The van der Waals surface area contributed by atoms with Crippen molar-refractivity contribution in [2.24, 2.45) is 0 Å². The largest absolute Gasteiger partial charge is 0.494 e. The van der Waals surface area contributed by atoms with Gasteiger partial charge in [-0.2, -0.15) is 0 Å². The lowest BCUT2D eigenvalue weighted by Crippen LogP contribution is -2.14. The van der Waals surface area contributed by atoms with Gasteiger partial charge in [0.25, 0.3) is 11.8 Å². The molecule has 2 amide bonds. The molecule has 0 saturated heterocycles. The molecule has 0 atom stereocenters. The predicted molar refractivity (Wildman–Crippen MR) is 121 cm³/mol. The van der Waals surface area contributed by atoms with Crippen LogP contribution in [-0.4, -0.2) is 18.9 Å². The number of nitrogens with one attached hydrogen (secondary N) is 2. The minimum Gasteiger partial charge on any atom is -0.494 e. The first-order valence-corrected chi connectivity index (χ1v) is 9.88. The third kappa shape index (κ3) is 4.39. The Morgan fingerprint density at radius 3 is 2.48 bits per heavy atom. The summed E-state index contributed by atoms with van der Waals surface area (Å²) in [4.78, 5) is 25.2. The Balaban J connectivity index is 1.52. The van der Waals surface area contributed by atoms with E-state index < -0.39 is 5.91 Å². The fourth-order valence-electron chi connectivity index (χ4n) is 3.15. The number of halogens is 1. The fourth-order valence-corrected chi connectivity index (χ4v) is 3.47. The first kappa shape index (κ1) is 20.5. The number of carbonyl (C=O) groups excluding carboxylic acids is 2. The topological polar surface area (TPSA) is 80.6 Å². The molecule has 1 heterocycles. The molecule has 2 N–H and O–H groups in total. The van der Waals surface area contributed by atoms with Gasteiger partial charge in [0, 0.05) is 17.1 Å². The van der Waals surface area contributed by atoms with Gasteiger partial charge in [0.1, 0.15) is 11.3 Å². The number of hydrogen-bond donors (Lipinski definition) is 2. The molecule has 4 aromatic rings. The van der Waals surface area contributed by atoms with Gasteiger partial charge in [-0.15, -0.1) is 0 Å². The third-order valence-electron chi connectivity index (χ3n) is 4.73. The number of benzene rings is 3. The second-order valence-electron chi connectivity index (χ2n) is 6.96. The number of aryl methyl sites for hydroxylation is 1. The summed E-state index contributed by atoms with van der Waals surface area (Å²) in [5, 5.41) is 6.78. The molecule has 0 aliphatic heterocycles. The highest BCUT2D eigenvalue weighted by molar-refractivity contribution is 6.34. The molecule has 0 aliphatic rings. The summed E-state index contributed by atoms with van der Waals surface area (Å²) in [6, 6.07) is 19.2.